The fourth-order valence-electron chi connectivity index (χ4n) is 2.13. The summed E-state index contributed by atoms with van der Waals surface area (Å²) >= 11 is 3.50. The van der Waals surface area contributed by atoms with Crippen LogP contribution in [0.3, 0.4) is 0 Å². The van der Waals surface area contributed by atoms with Crippen LogP contribution in [0.1, 0.15) is 33.3 Å². The average Bonchev–Trinajstić information content (AvgIpc) is 2.79. The van der Waals surface area contributed by atoms with E-state index in [0.29, 0.717) is 13.2 Å². The van der Waals surface area contributed by atoms with Crippen LogP contribution >= 0.6 is 15.9 Å². The Bertz CT molecular complexity index is 724. The Kier molecular flexibility index (Phi) is 5.82. The molecule has 0 bridgehead atoms. The first-order valence-electron chi connectivity index (χ1n) is 7.71. The molecule has 1 amide bonds. The van der Waals surface area contributed by atoms with Gasteiger partial charge in [0.15, 0.2) is 0 Å². The molecule has 0 fully saturated rings. The Morgan fingerprint density at radius 3 is 2.79 bits per heavy atom. The summed E-state index contributed by atoms with van der Waals surface area (Å²) in [4.78, 5) is 11.7. The number of rotatable bonds is 5. The summed E-state index contributed by atoms with van der Waals surface area (Å²) in [5.41, 5.74) is 2.25. The third-order valence-electron chi connectivity index (χ3n) is 3.13. The minimum atomic E-state index is -0.510. The van der Waals surface area contributed by atoms with Crippen molar-refractivity contribution < 1.29 is 14.3 Å². The number of nitrogens with zero attached hydrogens (tertiary/aromatic N) is 3. The predicted octanol–water partition coefficient (Wildman–Crippen LogP) is 3.16. The lowest BCUT2D eigenvalue weighted by molar-refractivity contribution is 0.0442. The second-order valence-electron chi connectivity index (χ2n) is 6.72. The Hall–Kier alpha value is -1.67. The van der Waals surface area contributed by atoms with Crippen molar-refractivity contribution in [2.45, 2.75) is 45.9 Å². The zero-order chi connectivity index (χ0) is 17.9. The maximum atomic E-state index is 11.7. The van der Waals surface area contributed by atoms with Gasteiger partial charge in [-0.1, -0.05) is 5.21 Å². The van der Waals surface area contributed by atoms with Crippen molar-refractivity contribution >= 4 is 33.1 Å². The van der Waals surface area contributed by atoms with Crippen LogP contribution in [0.2, 0.25) is 0 Å². The Balaban J connectivity index is 1.85. The van der Waals surface area contributed by atoms with Gasteiger partial charge in [0.05, 0.1) is 24.8 Å². The third-order valence-corrected chi connectivity index (χ3v) is 3.73. The normalized spacial score (nSPS) is 13.1. The van der Waals surface area contributed by atoms with Gasteiger partial charge in [-0.2, -0.15) is 0 Å². The van der Waals surface area contributed by atoms with Gasteiger partial charge in [0, 0.05) is 11.5 Å². The molecular weight excluding hydrogens is 376 g/mol. The van der Waals surface area contributed by atoms with E-state index >= 15 is 0 Å². The van der Waals surface area contributed by atoms with Gasteiger partial charge in [-0.3, -0.25) is 0 Å². The van der Waals surface area contributed by atoms with Gasteiger partial charge < -0.3 is 14.8 Å². The molecule has 0 saturated carbocycles. The Morgan fingerprint density at radius 2 is 2.12 bits per heavy atom. The zero-order valence-corrected chi connectivity index (χ0v) is 16.2. The maximum absolute atomic E-state index is 11.7. The molecule has 0 aliphatic heterocycles. The summed E-state index contributed by atoms with van der Waals surface area (Å²) in [7, 11) is 1.85. The first-order valence-corrected chi connectivity index (χ1v) is 8.50. The summed E-state index contributed by atoms with van der Waals surface area (Å²) in [6.07, 6.45) is -0.441. The van der Waals surface area contributed by atoms with Crippen LogP contribution < -0.4 is 5.32 Å². The first kappa shape index (κ1) is 18.7. The van der Waals surface area contributed by atoms with Gasteiger partial charge in [-0.05, 0) is 61.3 Å². The van der Waals surface area contributed by atoms with Crippen molar-refractivity contribution in [1.82, 2.24) is 20.3 Å². The molecule has 2 aromatic rings. The SMILES string of the molecule is CC(COCc1cc(Br)c2nnn(C)c2c1)NC(=O)OC(C)(C)C. The van der Waals surface area contributed by atoms with Crippen molar-refractivity contribution in [1.29, 1.82) is 0 Å². The van der Waals surface area contributed by atoms with Crippen molar-refractivity contribution in [3.05, 3.63) is 22.2 Å². The minimum Gasteiger partial charge on any atom is -0.444 e. The number of hydrogen-bond donors (Lipinski definition) is 1. The number of hydrogen-bond acceptors (Lipinski definition) is 5. The number of nitrogens with one attached hydrogen (secondary N) is 1. The lowest BCUT2D eigenvalue weighted by Crippen LogP contribution is -2.39. The minimum absolute atomic E-state index is 0.148. The number of carbonyl (C=O) groups excluding carboxylic acids is 1. The van der Waals surface area contributed by atoms with Crippen LogP contribution in [0.25, 0.3) is 11.0 Å². The molecule has 1 unspecified atom stereocenters. The molecule has 7 nitrogen and oxygen atoms in total. The van der Waals surface area contributed by atoms with Gasteiger partial charge in [-0.25, -0.2) is 9.48 Å². The Morgan fingerprint density at radius 1 is 1.42 bits per heavy atom. The van der Waals surface area contributed by atoms with Crippen molar-refractivity contribution in [2.24, 2.45) is 7.05 Å². The molecule has 0 aliphatic rings. The molecule has 8 heteroatoms. The van der Waals surface area contributed by atoms with Crippen LogP contribution in [0.4, 0.5) is 4.79 Å². The quantitative estimate of drug-likeness (QED) is 0.836. The molecule has 2 rings (SSSR count). The molecular formula is C16H23BrN4O3. The van der Waals surface area contributed by atoms with E-state index in [1.54, 1.807) is 4.68 Å². The lowest BCUT2D eigenvalue weighted by atomic mass is 10.2. The van der Waals surface area contributed by atoms with Gasteiger partial charge in [-0.15, -0.1) is 5.10 Å². The molecule has 0 spiro atoms. The van der Waals surface area contributed by atoms with Crippen molar-refractivity contribution in [3.8, 4) is 0 Å². The molecule has 132 valence electrons. The van der Waals surface area contributed by atoms with E-state index in [4.69, 9.17) is 9.47 Å². The molecule has 1 N–H and O–H groups in total. The molecule has 1 aromatic carbocycles. The molecule has 24 heavy (non-hydrogen) atoms. The van der Waals surface area contributed by atoms with Gasteiger partial charge in [0.2, 0.25) is 0 Å². The van der Waals surface area contributed by atoms with Gasteiger partial charge in [0.25, 0.3) is 0 Å². The van der Waals surface area contributed by atoms with E-state index in [1.807, 2.05) is 46.9 Å². The molecule has 0 aliphatic carbocycles. The third kappa shape index (κ3) is 5.17. The number of aryl methyl sites for hydroxylation is 1. The van der Waals surface area contributed by atoms with E-state index in [0.717, 1.165) is 21.1 Å². The smallest absolute Gasteiger partial charge is 0.407 e. The van der Waals surface area contributed by atoms with Gasteiger partial charge in [0.1, 0.15) is 11.1 Å². The molecule has 1 atom stereocenters. The summed E-state index contributed by atoms with van der Waals surface area (Å²) in [6.45, 7) is 8.17. The van der Waals surface area contributed by atoms with Crippen LogP contribution in [-0.4, -0.2) is 39.3 Å². The molecule has 0 radical (unpaired) electrons. The highest BCUT2D eigenvalue weighted by atomic mass is 79.9. The topological polar surface area (TPSA) is 78.3 Å². The number of aromatic nitrogens is 3. The number of carbonyl (C=O) groups is 1. The standard InChI is InChI=1S/C16H23BrN4O3/c1-10(18-15(22)24-16(2,3)4)8-23-9-11-6-12(17)14-13(7-11)21(5)20-19-14/h6-7,10H,8-9H2,1-5H3,(H,18,22). The number of ether oxygens (including phenoxy) is 2. The molecule has 1 aromatic heterocycles. The summed E-state index contributed by atoms with van der Waals surface area (Å²) < 4.78 is 13.5. The van der Waals surface area contributed by atoms with E-state index < -0.39 is 11.7 Å². The first-order chi connectivity index (χ1) is 11.2. The maximum Gasteiger partial charge on any atom is 0.407 e. The number of halogens is 1. The zero-order valence-electron chi connectivity index (χ0n) is 14.6. The van der Waals surface area contributed by atoms with Crippen LogP contribution in [-0.2, 0) is 23.1 Å². The number of benzene rings is 1. The van der Waals surface area contributed by atoms with Gasteiger partial charge >= 0.3 is 6.09 Å². The summed E-state index contributed by atoms with van der Waals surface area (Å²) in [5.74, 6) is 0. The lowest BCUT2D eigenvalue weighted by Gasteiger charge is -2.22. The van der Waals surface area contributed by atoms with Crippen molar-refractivity contribution in [3.63, 3.8) is 0 Å². The second-order valence-corrected chi connectivity index (χ2v) is 7.58. The highest BCUT2D eigenvalue weighted by Crippen LogP contribution is 2.23. The van der Waals surface area contributed by atoms with Crippen molar-refractivity contribution in [2.75, 3.05) is 6.61 Å². The number of amides is 1. The monoisotopic (exact) mass is 398 g/mol. The van der Waals surface area contributed by atoms with Crippen LogP contribution in [0.15, 0.2) is 16.6 Å². The fourth-order valence-corrected chi connectivity index (χ4v) is 2.71. The predicted molar refractivity (Wildman–Crippen MR) is 94.7 cm³/mol. The number of alkyl carbamates (subject to hydrolysis) is 1. The van der Waals surface area contributed by atoms with E-state index in [9.17, 15) is 4.79 Å². The molecule has 1 heterocycles. The summed E-state index contributed by atoms with van der Waals surface area (Å²) in [6, 6.07) is 3.81. The average molecular weight is 399 g/mol. The van der Waals surface area contributed by atoms with E-state index in [2.05, 4.69) is 31.6 Å². The second kappa shape index (κ2) is 7.48. The molecule has 0 saturated heterocycles. The van der Waals surface area contributed by atoms with Crippen LogP contribution in [0, 0.1) is 0 Å². The highest BCUT2D eigenvalue weighted by molar-refractivity contribution is 9.10. The van der Waals surface area contributed by atoms with E-state index in [-0.39, 0.29) is 6.04 Å². The van der Waals surface area contributed by atoms with Crippen LogP contribution in [0.5, 0.6) is 0 Å². The van der Waals surface area contributed by atoms with E-state index in [1.165, 1.54) is 0 Å². The fraction of sp³-hybridized carbons (Fsp3) is 0.562. The Labute approximate surface area is 149 Å². The largest absolute Gasteiger partial charge is 0.444 e. The number of fused-ring (bicyclic) bond motifs is 1. The summed E-state index contributed by atoms with van der Waals surface area (Å²) in [5, 5.41) is 10.8. The highest BCUT2D eigenvalue weighted by Gasteiger charge is 2.17.